The molecule has 1 N–H and O–H groups in total. The predicted molar refractivity (Wildman–Crippen MR) is 98.8 cm³/mol. The first-order chi connectivity index (χ1) is 10.6. The second-order valence-electron chi connectivity index (χ2n) is 9.04. The predicted octanol–water partition coefficient (Wildman–Crippen LogP) is 4.21. The van der Waals surface area contributed by atoms with Crippen molar-refractivity contribution in [2.24, 2.45) is 10.8 Å². The molecule has 1 fully saturated rings. The van der Waals surface area contributed by atoms with Crippen molar-refractivity contribution in [1.82, 2.24) is 5.32 Å². The lowest BCUT2D eigenvalue weighted by molar-refractivity contribution is 0.0585. The van der Waals surface area contributed by atoms with Gasteiger partial charge in [-0.2, -0.15) is 0 Å². The number of alkyl carbamates (subject to hydrolysis) is 1. The second-order valence-corrected chi connectivity index (χ2v) is 12.4. The fraction of sp³-hybridized carbons (Fsp3) is 0.944. The number of hydrogen-bond donors (Lipinski definition) is 1. The highest BCUT2D eigenvalue weighted by molar-refractivity contribution is 6.55. The number of carbonyl (C=O) groups is 1. The van der Waals surface area contributed by atoms with E-state index in [9.17, 15) is 4.79 Å². The summed E-state index contributed by atoms with van der Waals surface area (Å²) in [5.74, 6) is 0. The molecule has 1 aliphatic rings. The molecule has 0 saturated heterocycles. The molecule has 4 nitrogen and oxygen atoms in total. The highest BCUT2D eigenvalue weighted by Gasteiger charge is 2.39. The number of hydrogen-bond acceptors (Lipinski definition) is 3. The molecule has 0 heterocycles. The van der Waals surface area contributed by atoms with Crippen molar-refractivity contribution in [2.45, 2.75) is 78.6 Å². The van der Waals surface area contributed by atoms with E-state index in [-0.39, 0.29) is 23.0 Å². The van der Waals surface area contributed by atoms with E-state index < -0.39 is 8.80 Å². The molecule has 1 saturated carbocycles. The van der Waals surface area contributed by atoms with Crippen LogP contribution in [-0.4, -0.2) is 40.8 Å². The van der Waals surface area contributed by atoms with Crippen LogP contribution in [0.2, 0.25) is 19.1 Å². The standard InChI is InChI=1S/C18H37NO3Si/c1-17(2)12-15(13-18(3,4)14-17)19-16(20)22-10-9-21-8-7-11-23(5)6/h15,23H,7-14H2,1-6H3,(H,19,20). The normalized spacial score (nSPS) is 20.5. The van der Waals surface area contributed by atoms with Crippen molar-refractivity contribution in [2.75, 3.05) is 19.8 Å². The third-order valence-corrected chi connectivity index (χ3v) is 5.97. The number of ether oxygens (including phenoxy) is 2. The summed E-state index contributed by atoms with van der Waals surface area (Å²) in [6, 6.07) is 1.52. The van der Waals surface area contributed by atoms with Crippen molar-refractivity contribution >= 4 is 14.9 Å². The fourth-order valence-corrected chi connectivity index (χ4v) is 5.03. The topological polar surface area (TPSA) is 47.6 Å². The van der Waals surface area contributed by atoms with Crippen LogP contribution in [0.5, 0.6) is 0 Å². The van der Waals surface area contributed by atoms with Gasteiger partial charge >= 0.3 is 6.09 Å². The van der Waals surface area contributed by atoms with E-state index in [1.165, 1.54) is 12.5 Å². The van der Waals surface area contributed by atoms with Gasteiger partial charge in [0.2, 0.25) is 0 Å². The lowest BCUT2D eigenvalue weighted by atomic mass is 9.63. The smallest absolute Gasteiger partial charge is 0.407 e. The Bertz CT molecular complexity index is 353. The lowest BCUT2D eigenvalue weighted by Crippen LogP contribution is -2.46. The summed E-state index contributed by atoms with van der Waals surface area (Å²) >= 11 is 0. The number of amides is 1. The maximum Gasteiger partial charge on any atom is 0.407 e. The Morgan fingerprint density at radius 3 is 2.26 bits per heavy atom. The first kappa shape index (κ1) is 20.5. The summed E-state index contributed by atoms with van der Waals surface area (Å²) in [6.45, 7) is 15.4. The van der Waals surface area contributed by atoms with E-state index in [1.54, 1.807) is 0 Å². The van der Waals surface area contributed by atoms with Crippen LogP contribution in [0.15, 0.2) is 0 Å². The largest absolute Gasteiger partial charge is 0.447 e. The maximum atomic E-state index is 11.9. The van der Waals surface area contributed by atoms with E-state index >= 15 is 0 Å². The molecule has 136 valence electrons. The zero-order valence-corrected chi connectivity index (χ0v) is 17.2. The molecule has 0 unspecified atom stereocenters. The molecule has 0 bridgehead atoms. The third-order valence-electron chi connectivity index (χ3n) is 4.41. The minimum Gasteiger partial charge on any atom is -0.447 e. The van der Waals surface area contributed by atoms with Gasteiger partial charge in [-0.05, 0) is 36.5 Å². The van der Waals surface area contributed by atoms with Gasteiger partial charge in [0.1, 0.15) is 6.61 Å². The second kappa shape index (κ2) is 9.07. The van der Waals surface area contributed by atoms with Gasteiger partial charge < -0.3 is 14.8 Å². The first-order valence-corrected chi connectivity index (χ1v) is 12.2. The lowest BCUT2D eigenvalue weighted by Gasteiger charge is -2.44. The van der Waals surface area contributed by atoms with Gasteiger partial charge in [-0.3, -0.25) is 0 Å². The van der Waals surface area contributed by atoms with Crippen molar-refractivity contribution in [1.29, 1.82) is 0 Å². The van der Waals surface area contributed by atoms with Gasteiger partial charge in [0, 0.05) is 21.4 Å². The van der Waals surface area contributed by atoms with Crippen LogP contribution in [0.25, 0.3) is 0 Å². The summed E-state index contributed by atoms with van der Waals surface area (Å²) in [5, 5.41) is 3.04. The zero-order chi connectivity index (χ0) is 17.5. The Kier molecular flexibility index (Phi) is 8.08. The van der Waals surface area contributed by atoms with Crippen LogP contribution in [0.1, 0.15) is 53.4 Å². The molecule has 1 rings (SSSR count). The Balaban J connectivity index is 2.16. The Morgan fingerprint density at radius 1 is 1.09 bits per heavy atom. The quantitative estimate of drug-likeness (QED) is 0.530. The maximum absolute atomic E-state index is 11.9. The van der Waals surface area contributed by atoms with Crippen molar-refractivity contribution in [3.63, 3.8) is 0 Å². The van der Waals surface area contributed by atoms with E-state index in [4.69, 9.17) is 9.47 Å². The van der Waals surface area contributed by atoms with Crippen molar-refractivity contribution < 1.29 is 14.3 Å². The van der Waals surface area contributed by atoms with Crippen molar-refractivity contribution in [3.05, 3.63) is 0 Å². The highest BCUT2D eigenvalue weighted by atomic mass is 28.3. The van der Waals surface area contributed by atoms with E-state index in [1.807, 2.05) is 0 Å². The molecular formula is C18H37NO3Si. The summed E-state index contributed by atoms with van der Waals surface area (Å²) in [5.41, 5.74) is 0.533. The van der Waals surface area contributed by atoms with Gasteiger partial charge in [-0.25, -0.2) is 4.79 Å². The molecule has 1 aliphatic carbocycles. The minimum atomic E-state index is -0.465. The van der Waals surface area contributed by atoms with Crippen molar-refractivity contribution in [3.8, 4) is 0 Å². The van der Waals surface area contributed by atoms with Crippen LogP contribution in [0.4, 0.5) is 4.79 Å². The van der Waals surface area contributed by atoms with E-state index in [0.717, 1.165) is 25.9 Å². The SMILES string of the molecule is C[SiH](C)CCCOCCOC(=O)NC1CC(C)(C)CC(C)(C)C1. The van der Waals surface area contributed by atoms with Gasteiger partial charge in [0.05, 0.1) is 6.61 Å². The summed E-state index contributed by atoms with van der Waals surface area (Å²) in [4.78, 5) is 11.9. The van der Waals surface area contributed by atoms with Crippen LogP contribution >= 0.6 is 0 Å². The summed E-state index contributed by atoms with van der Waals surface area (Å²) in [6.07, 6.45) is 4.05. The molecule has 5 heteroatoms. The van der Waals surface area contributed by atoms with Crippen LogP contribution in [0, 0.1) is 10.8 Å². The molecule has 1 amide bonds. The highest BCUT2D eigenvalue weighted by Crippen LogP contribution is 2.45. The minimum absolute atomic E-state index is 0.207. The Labute approximate surface area is 144 Å². The summed E-state index contributed by atoms with van der Waals surface area (Å²) < 4.78 is 10.8. The van der Waals surface area contributed by atoms with Gasteiger partial charge in [-0.1, -0.05) is 46.8 Å². The molecule has 0 aliphatic heterocycles. The number of rotatable bonds is 8. The monoisotopic (exact) mass is 343 g/mol. The van der Waals surface area contributed by atoms with Crippen LogP contribution < -0.4 is 5.32 Å². The Morgan fingerprint density at radius 2 is 1.70 bits per heavy atom. The average Bonchev–Trinajstić information content (AvgIpc) is 2.33. The van der Waals surface area contributed by atoms with E-state index in [0.29, 0.717) is 13.2 Å². The van der Waals surface area contributed by atoms with E-state index in [2.05, 4.69) is 46.1 Å². The van der Waals surface area contributed by atoms with Crippen LogP contribution in [0.3, 0.4) is 0 Å². The molecule has 0 atom stereocenters. The molecule has 0 radical (unpaired) electrons. The molecule has 0 aromatic carbocycles. The summed E-state index contributed by atoms with van der Waals surface area (Å²) in [7, 11) is -0.465. The molecule has 0 spiro atoms. The number of carbonyl (C=O) groups excluding carboxylic acids is 1. The zero-order valence-electron chi connectivity index (χ0n) is 16.0. The third kappa shape index (κ3) is 9.35. The van der Waals surface area contributed by atoms with Gasteiger partial charge in [-0.15, -0.1) is 0 Å². The fourth-order valence-electron chi connectivity index (χ4n) is 4.05. The van der Waals surface area contributed by atoms with Gasteiger partial charge in [0.15, 0.2) is 0 Å². The molecular weight excluding hydrogens is 306 g/mol. The van der Waals surface area contributed by atoms with Crippen LogP contribution in [-0.2, 0) is 9.47 Å². The number of nitrogens with one attached hydrogen (secondary N) is 1. The Hall–Kier alpha value is -0.553. The molecule has 23 heavy (non-hydrogen) atoms. The average molecular weight is 344 g/mol. The molecule has 0 aromatic heterocycles. The first-order valence-electron chi connectivity index (χ1n) is 9.11. The van der Waals surface area contributed by atoms with Gasteiger partial charge in [0.25, 0.3) is 0 Å². The molecule has 0 aromatic rings.